The maximum atomic E-state index is 13.1. The van der Waals surface area contributed by atoms with Crippen molar-refractivity contribution >= 4 is 38.2 Å². The van der Waals surface area contributed by atoms with Gasteiger partial charge in [0.05, 0.1) is 17.1 Å². The number of carbonyl (C=O) groups excluding carboxylic acids is 2. The Labute approximate surface area is 211 Å². The van der Waals surface area contributed by atoms with E-state index < -0.39 is 27.4 Å². The summed E-state index contributed by atoms with van der Waals surface area (Å²) in [6.07, 6.45) is 2.34. The van der Waals surface area contributed by atoms with Crippen molar-refractivity contribution in [3.8, 4) is 0 Å². The quantitative estimate of drug-likeness (QED) is 0.557. The Morgan fingerprint density at radius 3 is 2.34 bits per heavy atom. The maximum Gasteiger partial charge on any atom is 0.341 e. The van der Waals surface area contributed by atoms with Crippen LogP contribution in [0.4, 0.5) is 5.00 Å². The van der Waals surface area contributed by atoms with Gasteiger partial charge in [0, 0.05) is 34.6 Å². The second kappa shape index (κ2) is 9.31. The van der Waals surface area contributed by atoms with Gasteiger partial charge in [-0.25, -0.2) is 13.2 Å². The Morgan fingerprint density at radius 2 is 1.74 bits per heavy atom. The fourth-order valence-electron chi connectivity index (χ4n) is 5.07. The molecular weight excluding hydrogens is 486 g/mol. The molecule has 1 fully saturated rings. The molecule has 2 N–H and O–H groups in total. The van der Waals surface area contributed by atoms with Gasteiger partial charge in [0.15, 0.2) is 0 Å². The normalized spacial score (nSPS) is 19.2. The van der Waals surface area contributed by atoms with Gasteiger partial charge in [-0.2, -0.15) is 4.31 Å². The molecule has 3 heterocycles. The first kappa shape index (κ1) is 25.8. The van der Waals surface area contributed by atoms with E-state index in [0.29, 0.717) is 35.6 Å². The zero-order valence-electron chi connectivity index (χ0n) is 20.9. The molecule has 190 valence electrons. The summed E-state index contributed by atoms with van der Waals surface area (Å²) in [5, 5.41) is 6.95. The van der Waals surface area contributed by atoms with Gasteiger partial charge < -0.3 is 15.4 Å². The molecule has 0 aliphatic carbocycles. The first-order valence-corrected chi connectivity index (χ1v) is 14.2. The van der Waals surface area contributed by atoms with Crippen molar-refractivity contribution in [3.63, 3.8) is 0 Å². The van der Waals surface area contributed by atoms with Crippen molar-refractivity contribution in [2.75, 3.05) is 25.0 Å². The van der Waals surface area contributed by atoms with Gasteiger partial charge in [0.25, 0.3) is 5.91 Å². The average Bonchev–Trinajstić information content (AvgIpc) is 3.42. The zero-order valence-corrected chi connectivity index (χ0v) is 22.5. The molecule has 2 aliphatic heterocycles. The molecule has 2 aliphatic rings. The van der Waals surface area contributed by atoms with E-state index in [1.165, 1.54) is 39.9 Å². The van der Waals surface area contributed by atoms with E-state index >= 15 is 0 Å². The summed E-state index contributed by atoms with van der Waals surface area (Å²) in [5.74, 6) is -0.870. The Balaban J connectivity index is 1.64. The number of anilines is 1. The van der Waals surface area contributed by atoms with Crippen LogP contribution in [0.25, 0.3) is 0 Å². The second-order valence-electron chi connectivity index (χ2n) is 10.2. The molecule has 0 radical (unpaired) electrons. The Hall–Kier alpha value is -2.27. The van der Waals surface area contributed by atoms with E-state index in [1.54, 1.807) is 6.92 Å². The van der Waals surface area contributed by atoms with E-state index in [4.69, 9.17) is 4.74 Å². The highest BCUT2D eigenvalue weighted by Crippen LogP contribution is 2.45. The van der Waals surface area contributed by atoms with E-state index in [2.05, 4.69) is 38.3 Å². The summed E-state index contributed by atoms with van der Waals surface area (Å²) in [6.45, 7) is 11.3. The van der Waals surface area contributed by atoms with Gasteiger partial charge in [-0.15, -0.1) is 11.3 Å². The summed E-state index contributed by atoms with van der Waals surface area (Å²) in [4.78, 5) is 27.3. The molecule has 4 rings (SSSR count). The lowest BCUT2D eigenvalue weighted by molar-refractivity contribution is 0.0525. The number of rotatable bonds is 6. The fourth-order valence-corrected chi connectivity index (χ4v) is 7.84. The molecule has 2 aromatic rings. The summed E-state index contributed by atoms with van der Waals surface area (Å²) < 4.78 is 32.4. The van der Waals surface area contributed by atoms with Crippen LogP contribution in [0.15, 0.2) is 29.2 Å². The van der Waals surface area contributed by atoms with E-state index in [0.717, 1.165) is 23.3 Å². The number of nitrogens with one attached hydrogen (secondary N) is 2. The molecule has 1 aromatic heterocycles. The van der Waals surface area contributed by atoms with Crippen LogP contribution in [-0.2, 0) is 26.7 Å². The zero-order chi connectivity index (χ0) is 25.6. The molecule has 0 bridgehead atoms. The smallest absolute Gasteiger partial charge is 0.341 e. The Kier molecular flexibility index (Phi) is 6.87. The van der Waals surface area contributed by atoms with Crippen LogP contribution in [0.2, 0.25) is 0 Å². The molecule has 0 unspecified atom stereocenters. The number of ether oxygens (including phenoxy) is 1. The van der Waals surface area contributed by atoms with E-state index in [-0.39, 0.29) is 17.0 Å². The Morgan fingerprint density at radius 1 is 1.11 bits per heavy atom. The van der Waals surface area contributed by atoms with E-state index in [1.807, 2.05) is 0 Å². The monoisotopic (exact) mass is 519 g/mol. The minimum Gasteiger partial charge on any atom is -0.462 e. The molecular formula is C25H33N3O5S2. The molecule has 0 spiro atoms. The molecule has 0 saturated carbocycles. The van der Waals surface area contributed by atoms with Crippen LogP contribution in [0.3, 0.4) is 0 Å². The highest BCUT2D eigenvalue weighted by Gasteiger charge is 2.42. The predicted octanol–water partition coefficient (Wildman–Crippen LogP) is 4.12. The number of benzene rings is 1. The van der Waals surface area contributed by atoms with Crippen molar-refractivity contribution < 1.29 is 22.7 Å². The summed E-state index contributed by atoms with van der Waals surface area (Å²) in [6, 6.07) is 5.93. The minimum atomic E-state index is -3.55. The standard InChI is InChI=1S/C25H33N3O5S2/c1-6-33-23(30)19-18-15-24(2,3)27-25(4,5)20(18)34-22(19)26-21(29)16-9-11-17(12-10-16)35(31,32)28-13-7-8-14-28/h9-12,27H,6-8,13-15H2,1-5H3,(H,26,29). The van der Waals surface area contributed by atoms with E-state index in [9.17, 15) is 18.0 Å². The number of hydrogen-bond donors (Lipinski definition) is 2. The van der Waals surface area contributed by atoms with Gasteiger partial charge in [-0.3, -0.25) is 4.79 Å². The predicted molar refractivity (Wildman–Crippen MR) is 137 cm³/mol. The van der Waals surface area contributed by atoms with Crippen LogP contribution in [0.5, 0.6) is 0 Å². The van der Waals surface area contributed by atoms with Crippen molar-refractivity contribution in [3.05, 3.63) is 45.8 Å². The second-order valence-corrected chi connectivity index (χ2v) is 13.2. The molecule has 1 aromatic carbocycles. The Bertz CT molecular complexity index is 1240. The molecule has 0 atom stereocenters. The van der Waals surface area contributed by atoms with Gasteiger partial charge >= 0.3 is 5.97 Å². The third-order valence-corrected chi connectivity index (χ3v) is 9.75. The van der Waals surface area contributed by atoms with Gasteiger partial charge in [0.1, 0.15) is 5.00 Å². The van der Waals surface area contributed by atoms with Crippen molar-refractivity contribution in [2.45, 2.75) is 69.9 Å². The van der Waals surface area contributed by atoms with Crippen LogP contribution in [0, 0.1) is 0 Å². The van der Waals surface area contributed by atoms with Gasteiger partial charge in [-0.05, 0) is 83.7 Å². The number of carbonyl (C=O) groups is 2. The van der Waals surface area contributed by atoms with Crippen LogP contribution < -0.4 is 10.6 Å². The lowest BCUT2D eigenvalue weighted by atomic mass is 9.81. The molecule has 35 heavy (non-hydrogen) atoms. The minimum absolute atomic E-state index is 0.171. The SMILES string of the molecule is CCOC(=O)c1c(NC(=O)c2ccc(S(=O)(=O)N3CCCC3)cc2)sc2c1CC(C)(C)NC2(C)C. The van der Waals surface area contributed by atoms with Crippen LogP contribution in [0.1, 0.15) is 78.6 Å². The van der Waals surface area contributed by atoms with Gasteiger partial charge in [-0.1, -0.05) is 0 Å². The molecule has 10 heteroatoms. The van der Waals surface area contributed by atoms with Crippen LogP contribution >= 0.6 is 11.3 Å². The third kappa shape index (κ3) is 5.02. The average molecular weight is 520 g/mol. The third-order valence-electron chi connectivity index (χ3n) is 6.37. The number of esters is 1. The summed E-state index contributed by atoms with van der Waals surface area (Å²) in [7, 11) is -3.55. The van der Waals surface area contributed by atoms with Crippen molar-refractivity contribution in [2.24, 2.45) is 0 Å². The summed E-state index contributed by atoms with van der Waals surface area (Å²) in [5.41, 5.74) is 0.971. The number of fused-ring (bicyclic) bond motifs is 1. The van der Waals surface area contributed by atoms with Crippen molar-refractivity contribution in [1.82, 2.24) is 9.62 Å². The van der Waals surface area contributed by atoms with Gasteiger partial charge in [0.2, 0.25) is 10.0 Å². The van der Waals surface area contributed by atoms with Crippen LogP contribution in [-0.4, -0.2) is 49.8 Å². The number of sulfonamides is 1. The first-order valence-electron chi connectivity index (χ1n) is 11.9. The number of nitrogens with zero attached hydrogens (tertiary/aromatic N) is 1. The summed E-state index contributed by atoms with van der Waals surface area (Å²) >= 11 is 1.37. The first-order chi connectivity index (χ1) is 16.4. The number of thiophene rings is 1. The topological polar surface area (TPSA) is 105 Å². The molecule has 1 saturated heterocycles. The molecule has 1 amide bonds. The molecule has 8 nitrogen and oxygen atoms in total. The number of amides is 1. The fraction of sp³-hybridized carbons (Fsp3) is 0.520. The highest BCUT2D eigenvalue weighted by molar-refractivity contribution is 7.89. The number of hydrogen-bond acceptors (Lipinski definition) is 7. The van der Waals surface area contributed by atoms with Crippen molar-refractivity contribution in [1.29, 1.82) is 0 Å². The lowest BCUT2D eigenvalue weighted by Crippen LogP contribution is -2.55. The highest BCUT2D eigenvalue weighted by atomic mass is 32.2. The maximum absolute atomic E-state index is 13.1. The largest absolute Gasteiger partial charge is 0.462 e. The lowest BCUT2D eigenvalue weighted by Gasteiger charge is -2.42.